The van der Waals surface area contributed by atoms with Crippen LogP contribution in [0.25, 0.3) is 0 Å². The van der Waals surface area contributed by atoms with Gasteiger partial charge in [0, 0.05) is 60.8 Å². The number of rotatable bonds is 9. The van der Waals surface area contributed by atoms with Gasteiger partial charge in [0.1, 0.15) is 11.5 Å². The van der Waals surface area contributed by atoms with Crippen molar-refractivity contribution in [2.75, 3.05) is 36.0 Å². The maximum atomic E-state index is 10.2. The van der Waals surface area contributed by atoms with Gasteiger partial charge in [-0.1, -0.05) is 0 Å². The minimum atomic E-state index is 0.162. The summed E-state index contributed by atoms with van der Waals surface area (Å²) < 4.78 is 0. The molecule has 150 valence electrons. The fourth-order valence-electron chi connectivity index (χ4n) is 3.04. The van der Waals surface area contributed by atoms with E-state index in [4.69, 9.17) is 0 Å². The van der Waals surface area contributed by atoms with E-state index in [0.717, 1.165) is 37.6 Å². The Bertz CT molecular complexity index is 756. The number of benzene rings is 2. The fourth-order valence-corrected chi connectivity index (χ4v) is 3.04. The van der Waals surface area contributed by atoms with E-state index < -0.39 is 0 Å². The summed E-state index contributed by atoms with van der Waals surface area (Å²) in [5.74, 6) is 0.324. The van der Waals surface area contributed by atoms with Crippen LogP contribution in [0.2, 0.25) is 0 Å². The molecule has 0 heterocycles. The van der Waals surface area contributed by atoms with Crippen molar-refractivity contribution >= 4 is 23.8 Å². The molecule has 2 aromatic carbocycles. The van der Waals surface area contributed by atoms with Crippen molar-refractivity contribution in [1.82, 2.24) is 0 Å². The molecule has 0 saturated heterocycles. The summed E-state index contributed by atoms with van der Waals surface area (Å²) in [6.45, 7) is 11.8. The SMILES string of the molecule is CCN(CC)c1ccc(/C=N\N=C/c2ccc(N(CC)CC)cc2O)c(O)c1. The second kappa shape index (κ2) is 10.3. The van der Waals surface area contributed by atoms with Crippen LogP contribution in [0.1, 0.15) is 38.8 Å². The van der Waals surface area contributed by atoms with Crippen LogP contribution in [-0.4, -0.2) is 48.8 Å². The molecule has 0 radical (unpaired) electrons. The van der Waals surface area contributed by atoms with E-state index in [-0.39, 0.29) is 11.5 Å². The van der Waals surface area contributed by atoms with Crippen LogP contribution in [0.5, 0.6) is 11.5 Å². The Morgan fingerprint density at radius 2 is 1.04 bits per heavy atom. The summed E-state index contributed by atoms with van der Waals surface area (Å²) in [5.41, 5.74) is 3.13. The average molecular weight is 383 g/mol. The summed E-state index contributed by atoms with van der Waals surface area (Å²) in [5, 5.41) is 28.4. The van der Waals surface area contributed by atoms with E-state index in [1.54, 1.807) is 12.1 Å². The fraction of sp³-hybridized carbons (Fsp3) is 0.364. The van der Waals surface area contributed by atoms with E-state index in [9.17, 15) is 10.2 Å². The van der Waals surface area contributed by atoms with Crippen LogP contribution in [-0.2, 0) is 0 Å². The van der Waals surface area contributed by atoms with Crippen molar-refractivity contribution in [2.24, 2.45) is 10.2 Å². The van der Waals surface area contributed by atoms with Crippen LogP contribution in [0.3, 0.4) is 0 Å². The minimum absolute atomic E-state index is 0.162. The smallest absolute Gasteiger partial charge is 0.126 e. The molecule has 0 fully saturated rings. The topological polar surface area (TPSA) is 71.7 Å². The molecule has 2 N–H and O–H groups in total. The Kier molecular flexibility index (Phi) is 7.87. The molecule has 0 amide bonds. The molecule has 0 spiro atoms. The lowest BCUT2D eigenvalue weighted by Crippen LogP contribution is -2.21. The summed E-state index contributed by atoms with van der Waals surface area (Å²) >= 11 is 0. The molecule has 0 unspecified atom stereocenters. The highest BCUT2D eigenvalue weighted by Gasteiger charge is 2.06. The van der Waals surface area contributed by atoms with Gasteiger partial charge in [0.25, 0.3) is 0 Å². The van der Waals surface area contributed by atoms with Gasteiger partial charge in [-0.25, -0.2) is 0 Å². The van der Waals surface area contributed by atoms with E-state index in [2.05, 4.69) is 47.7 Å². The predicted octanol–water partition coefficient (Wildman–Crippen LogP) is 4.24. The number of phenolic OH excluding ortho intramolecular Hbond substituents is 2. The minimum Gasteiger partial charge on any atom is -0.507 e. The first-order valence-electron chi connectivity index (χ1n) is 9.76. The quantitative estimate of drug-likeness (QED) is 0.502. The number of nitrogens with zero attached hydrogens (tertiary/aromatic N) is 4. The lowest BCUT2D eigenvalue weighted by atomic mass is 10.2. The van der Waals surface area contributed by atoms with Gasteiger partial charge in [0.2, 0.25) is 0 Å². The second-order valence-corrected chi connectivity index (χ2v) is 6.32. The van der Waals surface area contributed by atoms with Crippen molar-refractivity contribution in [2.45, 2.75) is 27.7 Å². The van der Waals surface area contributed by atoms with Crippen LogP contribution < -0.4 is 9.80 Å². The first-order chi connectivity index (χ1) is 13.5. The molecular weight excluding hydrogens is 352 g/mol. The second-order valence-electron chi connectivity index (χ2n) is 6.32. The monoisotopic (exact) mass is 382 g/mol. The first kappa shape index (κ1) is 21.3. The first-order valence-corrected chi connectivity index (χ1v) is 9.76. The van der Waals surface area contributed by atoms with Crippen molar-refractivity contribution in [3.05, 3.63) is 47.5 Å². The van der Waals surface area contributed by atoms with E-state index in [0.29, 0.717) is 11.1 Å². The number of hydrogen-bond acceptors (Lipinski definition) is 6. The van der Waals surface area contributed by atoms with Crippen molar-refractivity contribution < 1.29 is 10.2 Å². The zero-order chi connectivity index (χ0) is 20.5. The zero-order valence-corrected chi connectivity index (χ0v) is 17.1. The molecule has 2 aromatic rings. The molecule has 0 aliphatic rings. The molecule has 0 bridgehead atoms. The van der Waals surface area contributed by atoms with Gasteiger partial charge in [-0.2, -0.15) is 10.2 Å². The molecule has 6 nitrogen and oxygen atoms in total. The lowest BCUT2D eigenvalue weighted by Gasteiger charge is -2.21. The van der Waals surface area contributed by atoms with Gasteiger partial charge in [0.05, 0.1) is 12.4 Å². The molecule has 0 aliphatic heterocycles. The summed E-state index contributed by atoms with van der Waals surface area (Å²) in [4.78, 5) is 4.31. The maximum absolute atomic E-state index is 10.2. The molecule has 0 aliphatic carbocycles. The number of aromatic hydroxyl groups is 2. The van der Waals surface area contributed by atoms with Crippen molar-refractivity contribution in [3.8, 4) is 11.5 Å². The Hall–Kier alpha value is -3.02. The third-order valence-corrected chi connectivity index (χ3v) is 4.75. The number of hydrogen-bond donors (Lipinski definition) is 2. The molecule has 0 aromatic heterocycles. The largest absolute Gasteiger partial charge is 0.507 e. The number of phenols is 2. The van der Waals surface area contributed by atoms with E-state index >= 15 is 0 Å². The predicted molar refractivity (Wildman–Crippen MR) is 119 cm³/mol. The average Bonchev–Trinajstić information content (AvgIpc) is 2.69. The molecular formula is C22H30N4O2. The molecule has 6 heteroatoms. The molecule has 2 rings (SSSR count). The van der Waals surface area contributed by atoms with Crippen molar-refractivity contribution in [1.29, 1.82) is 0 Å². The standard InChI is InChI=1S/C22H30N4O2/c1-5-25(6-2)19-11-9-17(21(27)13-19)15-23-24-16-18-10-12-20(14-22(18)28)26(7-3)8-4/h9-16,27-28H,5-8H2,1-4H3/b23-15-,24-16-. The molecule has 0 saturated carbocycles. The van der Waals surface area contributed by atoms with Crippen LogP contribution >= 0.6 is 0 Å². The highest BCUT2D eigenvalue weighted by Crippen LogP contribution is 2.24. The van der Waals surface area contributed by atoms with Gasteiger partial charge in [-0.3, -0.25) is 0 Å². The van der Waals surface area contributed by atoms with Gasteiger partial charge < -0.3 is 20.0 Å². The highest BCUT2D eigenvalue weighted by molar-refractivity contribution is 5.87. The third-order valence-electron chi connectivity index (χ3n) is 4.75. The highest BCUT2D eigenvalue weighted by atomic mass is 16.3. The van der Waals surface area contributed by atoms with E-state index in [1.807, 2.05) is 24.3 Å². The van der Waals surface area contributed by atoms with Crippen LogP contribution in [0, 0.1) is 0 Å². The van der Waals surface area contributed by atoms with Crippen molar-refractivity contribution in [3.63, 3.8) is 0 Å². The Balaban J connectivity index is 2.09. The Morgan fingerprint density at radius 3 is 1.32 bits per heavy atom. The van der Waals surface area contributed by atoms with Crippen LogP contribution in [0.15, 0.2) is 46.6 Å². The third kappa shape index (κ3) is 5.25. The number of anilines is 2. The summed E-state index contributed by atoms with van der Waals surface area (Å²) in [6.07, 6.45) is 3.00. The normalized spacial score (nSPS) is 11.4. The Labute approximate surface area is 167 Å². The summed E-state index contributed by atoms with van der Waals surface area (Å²) in [6, 6.07) is 11.0. The van der Waals surface area contributed by atoms with Gasteiger partial charge in [-0.05, 0) is 52.0 Å². The lowest BCUT2D eigenvalue weighted by molar-refractivity contribution is 0.473. The molecule has 0 atom stereocenters. The van der Waals surface area contributed by atoms with Crippen LogP contribution in [0.4, 0.5) is 11.4 Å². The summed E-state index contributed by atoms with van der Waals surface area (Å²) in [7, 11) is 0. The molecule has 28 heavy (non-hydrogen) atoms. The van der Waals surface area contributed by atoms with E-state index in [1.165, 1.54) is 12.4 Å². The van der Waals surface area contributed by atoms with Gasteiger partial charge in [-0.15, -0.1) is 0 Å². The zero-order valence-electron chi connectivity index (χ0n) is 17.1. The van der Waals surface area contributed by atoms with Gasteiger partial charge >= 0.3 is 0 Å². The maximum Gasteiger partial charge on any atom is 0.126 e. The Morgan fingerprint density at radius 1 is 0.679 bits per heavy atom. The van der Waals surface area contributed by atoms with Gasteiger partial charge in [0.15, 0.2) is 0 Å².